The zero-order chi connectivity index (χ0) is 13.0. The number of hydrogen-bond acceptors (Lipinski definition) is 1. The fourth-order valence-electron chi connectivity index (χ4n) is 2.14. The Morgan fingerprint density at radius 1 is 1.24 bits per heavy atom. The average Bonchev–Trinajstić information content (AvgIpc) is 2.15. The summed E-state index contributed by atoms with van der Waals surface area (Å²) in [5, 5.41) is 3.97. The van der Waals surface area contributed by atoms with Crippen LogP contribution in [-0.4, -0.2) is 6.04 Å². The van der Waals surface area contributed by atoms with Gasteiger partial charge in [-0.15, -0.1) is 0 Å². The quantitative estimate of drug-likeness (QED) is 0.815. The van der Waals surface area contributed by atoms with Gasteiger partial charge in [-0.25, -0.2) is 4.39 Å². The highest BCUT2D eigenvalue weighted by molar-refractivity contribution is 6.31. The van der Waals surface area contributed by atoms with Crippen molar-refractivity contribution in [3.63, 3.8) is 0 Å². The third kappa shape index (κ3) is 4.64. The minimum Gasteiger partial charge on any atom is -0.308 e. The molecule has 96 valence electrons. The number of halogens is 2. The summed E-state index contributed by atoms with van der Waals surface area (Å²) in [7, 11) is 0. The van der Waals surface area contributed by atoms with E-state index in [-0.39, 0.29) is 11.9 Å². The summed E-state index contributed by atoms with van der Waals surface area (Å²) in [6, 6.07) is 5.12. The fourth-order valence-corrected chi connectivity index (χ4v) is 2.48. The molecule has 3 heteroatoms. The zero-order valence-electron chi connectivity index (χ0n) is 10.9. The van der Waals surface area contributed by atoms with Crippen molar-refractivity contribution in [2.24, 2.45) is 5.92 Å². The standard InChI is InChI=1S/C14H21ClFN/c1-9(2)7-10(3)17-11(4)13-6-5-12(16)8-14(13)15/h5-6,8-11,17H,7H2,1-4H3. The largest absolute Gasteiger partial charge is 0.308 e. The predicted molar refractivity (Wildman–Crippen MR) is 71.9 cm³/mol. The Labute approximate surface area is 108 Å². The van der Waals surface area contributed by atoms with Crippen molar-refractivity contribution in [2.45, 2.75) is 46.2 Å². The Morgan fingerprint density at radius 2 is 1.88 bits per heavy atom. The maximum absolute atomic E-state index is 12.9. The zero-order valence-corrected chi connectivity index (χ0v) is 11.7. The second kappa shape index (κ2) is 6.36. The van der Waals surface area contributed by atoms with E-state index in [2.05, 4.69) is 33.0 Å². The van der Waals surface area contributed by atoms with Crippen LogP contribution in [0.4, 0.5) is 4.39 Å². The molecule has 17 heavy (non-hydrogen) atoms. The van der Waals surface area contributed by atoms with Gasteiger partial charge in [-0.1, -0.05) is 31.5 Å². The van der Waals surface area contributed by atoms with E-state index in [1.807, 2.05) is 0 Å². The van der Waals surface area contributed by atoms with Crippen LogP contribution >= 0.6 is 11.6 Å². The van der Waals surface area contributed by atoms with Crippen LogP contribution in [0.5, 0.6) is 0 Å². The van der Waals surface area contributed by atoms with Crippen molar-refractivity contribution in [2.75, 3.05) is 0 Å². The van der Waals surface area contributed by atoms with E-state index < -0.39 is 0 Å². The van der Waals surface area contributed by atoms with Crippen molar-refractivity contribution in [3.8, 4) is 0 Å². The molecule has 1 nitrogen and oxygen atoms in total. The third-order valence-electron chi connectivity index (χ3n) is 2.79. The van der Waals surface area contributed by atoms with Crippen LogP contribution in [0.2, 0.25) is 5.02 Å². The van der Waals surface area contributed by atoms with Crippen LogP contribution < -0.4 is 5.32 Å². The van der Waals surface area contributed by atoms with Gasteiger partial charge in [0.25, 0.3) is 0 Å². The van der Waals surface area contributed by atoms with E-state index in [4.69, 9.17) is 11.6 Å². The van der Waals surface area contributed by atoms with Crippen molar-refractivity contribution >= 4 is 11.6 Å². The lowest BCUT2D eigenvalue weighted by Gasteiger charge is -2.22. The molecular formula is C14H21ClFN. The van der Waals surface area contributed by atoms with Crippen molar-refractivity contribution < 1.29 is 4.39 Å². The Balaban J connectivity index is 2.66. The molecule has 1 aromatic rings. The molecular weight excluding hydrogens is 237 g/mol. The van der Waals surface area contributed by atoms with Gasteiger partial charge >= 0.3 is 0 Å². The van der Waals surface area contributed by atoms with Crippen LogP contribution in [0, 0.1) is 11.7 Å². The molecule has 0 aliphatic carbocycles. The normalized spacial score (nSPS) is 15.0. The Hall–Kier alpha value is -0.600. The molecule has 0 aromatic heterocycles. The van der Waals surface area contributed by atoms with Crippen molar-refractivity contribution in [3.05, 3.63) is 34.6 Å². The average molecular weight is 258 g/mol. The Bertz CT molecular complexity index is 365. The molecule has 0 radical (unpaired) electrons. The van der Waals surface area contributed by atoms with Crippen LogP contribution in [0.1, 0.15) is 45.7 Å². The maximum atomic E-state index is 12.9. The summed E-state index contributed by atoms with van der Waals surface area (Å²) in [6.45, 7) is 8.62. The fraction of sp³-hybridized carbons (Fsp3) is 0.571. The summed E-state index contributed by atoms with van der Waals surface area (Å²) < 4.78 is 12.9. The van der Waals surface area contributed by atoms with E-state index >= 15 is 0 Å². The van der Waals surface area contributed by atoms with Gasteiger partial charge in [0.05, 0.1) is 0 Å². The molecule has 0 fully saturated rings. The first-order valence-corrected chi connectivity index (χ1v) is 6.49. The molecule has 0 aliphatic rings. The molecule has 0 spiro atoms. The molecule has 0 bridgehead atoms. The molecule has 2 atom stereocenters. The molecule has 2 unspecified atom stereocenters. The highest BCUT2D eigenvalue weighted by Gasteiger charge is 2.13. The van der Waals surface area contributed by atoms with Crippen LogP contribution in [-0.2, 0) is 0 Å². The van der Waals surface area contributed by atoms with Crippen molar-refractivity contribution in [1.82, 2.24) is 5.32 Å². The summed E-state index contributed by atoms with van der Waals surface area (Å²) in [5.41, 5.74) is 0.948. The summed E-state index contributed by atoms with van der Waals surface area (Å²) >= 11 is 6.03. The molecule has 1 N–H and O–H groups in total. The van der Waals surface area contributed by atoms with Crippen LogP contribution in [0.15, 0.2) is 18.2 Å². The minimum absolute atomic E-state index is 0.136. The van der Waals surface area contributed by atoms with Crippen LogP contribution in [0.25, 0.3) is 0 Å². The number of nitrogens with one attached hydrogen (secondary N) is 1. The van der Waals surface area contributed by atoms with E-state index in [0.717, 1.165) is 12.0 Å². The summed E-state index contributed by atoms with van der Waals surface area (Å²) in [4.78, 5) is 0. The van der Waals surface area contributed by atoms with Gasteiger partial charge < -0.3 is 5.32 Å². The second-order valence-corrected chi connectivity index (χ2v) is 5.49. The highest BCUT2D eigenvalue weighted by atomic mass is 35.5. The van der Waals surface area contributed by atoms with Gasteiger partial charge in [0.15, 0.2) is 0 Å². The number of rotatable bonds is 5. The molecule has 1 aromatic carbocycles. The minimum atomic E-state index is -0.291. The first kappa shape index (κ1) is 14.5. The summed E-state index contributed by atoms with van der Waals surface area (Å²) in [6.07, 6.45) is 1.11. The summed E-state index contributed by atoms with van der Waals surface area (Å²) in [5.74, 6) is 0.370. The molecule has 0 saturated heterocycles. The van der Waals surface area contributed by atoms with Gasteiger partial charge in [-0.05, 0) is 43.9 Å². The smallest absolute Gasteiger partial charge is 0.124 e. The number of hydrogen-bond donors (Lipinski definition) is 1. The third-order valence-corrected chi connectivity index (χ3v) is 3.12. The van der Waals surface area contributed by atoms with Gasteiger partial charge in [0.2, 0.25) is 0 Å². The van der Waals surface area contributed by atoms with E-state index in [9.17, 15) is 4.39 Å². The predicted octanol–water partition coefficient (Wildman–Crippen LogP) is 4.56. The van der Waals surface area contributed by atoms with E-state index in [1.165, 1.54) is 12.1 Å². The molecule has 0 aliphatic heterocycles. The van der Waals surface area contributed by atoms with Crippen LogP contribution in [0.3, 0.4) is 0 Å². The van der Waals surface area contributed by atoms with E-state index in [0.29, 0.717) is 17.0 Å². The van der Waals surface area contributed by atoms with Gasteiger partial charge in [0, 0.05) is 17.1 Å². The molecule has 0 saturated carbocycles. The lowest BCUT2D eigenvalue weighted by atomic mass is 10.0. The molecule has 0 heterocycles. The van der Waals surface area contributed by atoms with Gasteiger partial charge in [-0.2, -0.15) is 0 Å². The first-order chi connectivity index (χ1) is 7.90. The van der Waals surface area contributed by atoms with Gasteiger partial charge in [0.1, 0.15) is 5.82 Å². The maximum Gasteiger partial charge on any atom is 0.124 e. The van der Waals surface area contributed by atoms with Crippen molar-refractivity contribution in [1.29, 1.82) is 0 Å². The highest BCUT2D eigenvalue weighted by Crippen LogP contribution is 2.24. The van der Waals surface area contributed by atoms with Gasteiger partial charge in [-0.3, -0.25) is 0 Å². The monoisotopic (exact) mass is 257 g/mol. The first-order valence-electron chi connectivity index (χ1n) is 6.11. The SMILES string of the molecule is CC(C)CC(C)NC(C)c1ccc(F)cc1Cl. The topological polar surface area (TPSA) is 12.0 Å². The Morgan fingerprint density at radius 3 is 2.41 bits per heavy atom. The lowest BCUT2D eigenvalue weighted by molar-refractivity contribution is 0.406. The second-order valence-electron chi connectivity index (χ2n) is 5.08. The number of benzene rings is 1. The molecule has 0 amide bonds. The molecule has 1 rings (SSSR count). The van der Waals surface area contributed by atoms with E-state index in [1.54, 1.807) is 6.07 Å². The Kier molecular flexibility index (Phi) is 5.41. The lowest BCUT2D eigenvalue weighted by Crippen LogP contribution is -2.30.